The molecule has 1 aliphatic heterocycles. The Bertz CT molecular complexity index is 549. The quantitative estimate of drug-likeness (QED) is 0.616. The molecule has 0 radical (unpaired) electrons. The van der Waals surface area contributed by atoms with E-state index in [4.69, 9.17) is 15.2 Å². The number of amides is 1. The van der Waals surface area contributed by atoms with Crippen LogP contribution in [0.3, 0.4) is 0 Å². The number of hydrogen-bond donors (Lipinski definition) is 2. The number of rotatable bonds is 5. The van der Waals surface area contributed by atoms with Crippen LogP contribution < -0.4 is 15.8 Å². The molecule has 1 saturated heterocycles. The summed E-state index contributed by atoms with van der Waals surface area (Å²) in [5.41, 5.74) is 5.65. The Balaban J connectivity index is 2.18. The van der Waals surface area contributed by atoms with Gasteiger partial charge >= 0.3 is 0 Å². The molecule has 1 aromatic carbocycles. The van der Waals surface area contributed by atoms with Gasteiger partial charge in [0.2, 0.25) is 5.91 Å². The van der Waals surface area contributed by atoms with Crippen molar-refractivity contribution in [2.45, 2.75) is 13.0 Å². The predicted molar refractivity (Wildman–Crippen MR) is 75.2 cm³/mol. The second-order valence-electron chi connectivity index (χ2n) is 4.67. The Kier molecular flexibility index (Phi) is 4.71. The lowest BCUT2D eigenvalue weighted by Crippen LogP contribution is -2.37. The summed E-state index contributed by atoms with van der Waals surface area (Å²) in [7, 11) is 0. The van der Waals surface area contributed by atoms with Gasteiger partial charge in [-0.15, -0.1) is 0 Å². The predicted octanol–water partition coefficient (Wildman–Crippen LogP) is 0.906. The highest BCUT2D eigenvalue weighted by Crippen LogP contribution is 2.30. The van der Waals surface area contributed by atoms with Crippen molar-refractivity contribution in [2.75, 3.05) is 25.1 Å². The van der Waals surface area contributed by atoms with Gasteiger partial charge in [-0.3, -0.25) is 14.9 Å². The lowest BCUT2D eigenvalue weighted by atomic mass is 10.0. The van der Waals surface area contributed by atoms with Crippen LogP contribution in [-0.2, 0) is 9.53 Å². The fraction of sp³-hybridized carbons (Fsp3) is 0.462. The number of nitro benzene ring substituents is 1. The molecule has 3 N–H and O–H groups in total. The number of carbonyl (C=O) groups excluding carboxylic acids is 1. The molecule has 0 aliphatic carbocycles. The number of benzene rings is 1. The molecule has 1 heterocycles. The van der Waals surface area contributed by atoms with E-state index in [-0.39, 0.29) is 23.9 Å². The summed E-state index contributed by atoms with van der Waals surface area (Å²) in [4.78, 5) is 22.6. The smallest absolute Gasteiger partial charge is 0.296 e. The molecule has 2 rings (SSSR count). The third kappa shape index (κ3) is 3.47. The lowest BCUT2D eigenvalue weighted by Gasteiger charge is -2.14. The topological polar surface area (TPSA) is 117 Å². The van der Waals surface area contributed by atoms with Gasteiger partial charge in [0.05, 0.1) is 36.7 Å². The van der Waals surface area contributed by atoms with Crippen molar-refractivity contribution in [2.24, 2.45) is 11.7 Å². The van der Waals surface area contributed by atoms with E-state index in [0.29, 0.717) is 19.0 Å². The standard InChI is InChI=1S/C13H17N3O5/c1-2-21-8-3-4-11(12(5-8)16(18)19)15-13(17)9-6-20-7-10(9)14/h3-5,9-10H,2,6-7,14H2,1H3,(H,15,17). The van der Waals surface area contributed by atoms with Gasteiger partial charge in [0.25, 0.3) is 5.69 Å². The van der Waals surface area contributed by atoms with E-state index in [1.165, 1.54) is 12.1 Å². The number of hydrogen-bond acceptors (Lipinski definition) is 6. The zero-order valence-corrected chi connectivity index (χ0v) is 11.6. The molecule has 0 bridgehead atoms. The van der Waals surface area contributed by atoms with E-state index in [1.54, 1.807) is 13.0 Å². The molecule has 114 valence electrons. The van der Waals surface area contributed by atoms with Gasteiger partial charge in [-0.25, -0.2) is 0 Å². The molecule has 0 aromatic heterocycles. The maximum Gasteiger partial charge on any atom is 0.296 e. The van der Waals surface area contributed by atoms with Gasteiger partial charge in [0.1, 0.15) is 11.4 Å². The maximum absolute atomic E-state index is 12.1. The summed E-state index contributed by atoms with van der Waals surface area (Å²) in [6.07, 6.45) is 0. The minimum absolute atomic E-state index is 0.118. The van der Waals surface area contributed by atoms with Gasteiger partial charge in [-0.1, -0.05) is 0 Å². The summed E-state index contributed by atoms with van der Waals surface area (Å²) >= 11 is 0. The van der Waals surface area contributed by atoms with E-state index >= 15 is 0 Å². The Morgan fingerprint density at radius 3 is 2.90 bits per heavy atom. The van der Waals surface area contributed by atoms with Crippen LogP contribution in [-0.4, -0.2) is 36.7 Å². The number of nitrogens with zero attached hydrogens (tertiary/aromatic N) is 1. The van der Waals surface area contributed by atoms with Crippen LogP contribution in [0, 0.1) is 16.0 Å². The zero-order valence-electron chi connectivity index (χ0n) is 11.6. The van der Waals surface area contributed by atoms with Crippen molar-refractivity contribution in [3.8, 4) is 5.75 Å². The molecule has 1 aromatic rings. The van der Waals surface area contributed by atoms with Gasteiger partial charge in [-0.2, -0.15) is 0 Å². The summed E-state index contributed by atoms with van der Waals surface area (Å²) < 4.78 is 10.3. The highest BCUT2D eigenvalue weighted by atomic mass is 16.6. The average molecular weight is 295 g/mol. The fourth-order valence-electron chi connectivity index (χ4n) is 2.09. The van der Waals surface area contributed by atoms with Crippen LogP contribution in [0.1, 0.15) is 6.92 Å². The van der Waals surface area contributed by atoms with Crippen LogP contribution in [0.4, 0.5) is 11.4 Å². The van der Waals surface area contributed by atoms with Crippen molar-refractivity contribution in [3.63, 3.8) is 0 Å². The van der Waals surface area contributed by atoms with Gasteiger partial charge < -0.3 is 20.5 Å². The molecule has 1 amide bonds. The van der Waals surface area contributed by atoms with Crippen LogP contribution in [0.5, 0.6) is 5.75 Å². The SMILES string of the molecule is CCOc1ccc(NC(=O)C2COCC2N)c([N+](=O)[O-])c1. The van der Waals surface area contributed by atoms with E-state index in [1.807, 2.05) is 0 Å². The minimum Gasteiger partial charge on any atom is -0.494 e. The van der Waals surface area contributed by atoms with Crippen molar-refractivity contribution in [1.29, 1.82) is 0 Å². The fourth-order valence-corrected chi connectivity index (χ4v) is 2.09. The van der Waals surface area contributed by atoms with E-state index in [9.17, 15) is 14.9 Å². The van der Waals surface area contributed by atoms with Crippen LogP contribution >= 0.6 is 0 Å². The average Bonchev–Trinajstić information content (AvgIpc) is 2.87. The molecule has 0 spiro atoms. The first-order valence-corrected chi connectivity index (χ1v) is 6.58. The third-order valence-corrected chi connectivity index (χ3v) is 3.20. The first kappa shape index (κ1) is 15.2. The van der Waals surface area contributed by atoms with Gasteiger partial charge in [0, 0.05) is 6.04 Å². The van der Waals surface area contributed by atoms with Crippen LogP contribution in [0.2, 0.25) is 0 Å². The highest BCUT2D eigenvalue weighted by molar-refractivity contribution is 5.95. The van der Waals surface area contributed by atoms with Gasteiger partial charge in [-0.05, 0) is 19.1 Å². The molecule has 2 atom stereocenters. The van der Waals surface area contributed by atoms with Crippen molar-refractivity contribution in [3.05, 3.63) is 28.3 Å². The molecule has 2 unspecified atom stereocenters. The summed E-state index contributed by atoms with van der Waals surface area (Å²) in [5.74, 6) is -0.508. The number of nitrogens with one attached hydrogen (secondary N) is 1. The second-order valence-corrected chi connectivity index (χ2v) is 4.67. The first-order chi connectivity index (χ1) is 10.0. The molecular weight excluding hydrogens is 278 g/mol. The second kappa shape index (κ2) is 6.51. The Labute approximate surface area is 121 Å². The van der Waals surface area contributed by atoms with Crippen molar-refractivity contribution in [1.82, 2.24) is 0 Å². The molecule has 1 aliphatic rings. The molecule has 1 fully saturated rings. The molecule has 21 heavy (non-hydrogen) atoms. The largest absolute Gasteiger partial charge is 0.494 e. The Morgan fingerprint density at radius 1 is 1.57 bits per heavy atom. The van der Waals surface area contributed by atoms with E-state index in [2.05, 4.69) is 5.32 Å². The number of carbonyl (C=O) groups is 1. The summed E-state index contributed by atoms with van der Waals surface area (Å²) in [5, 5.41) is 13.6. The monoisotopic (exact) mass is 295 g/mol. The minimum atomic E-state index is -0.566. The molecule has 0 saturated carbocycles. The first-order valence-electron chi connectivity index (χ1n) is 6.58. The van der Waals surface area contributed by atoms with Crippen molar-refractivity contribution >= 4 is 17.3 Å². The summed E-state index contributed by atoms with van der Waals surface area (Å²) in [6.45, 7) is 2.71. The third-order valence-electron chi connectivity index (χ3n) is 3.20. The molecule has 8 nitrogen and oxygen atoms in total. The van der Waals surface area contributed by atoms with Crippen LogP contribution in [0.25, 0.3) is 0 Å². The Morgan fingerprint density at radius 2 is 2.33 bits per heavy atom. The summed E-state index contributed by atoms with van der Waals surface area (Å²) in [6, 6.07) is 3.90. The van der Waals surface area contributed by atoms with Crippen LogP contribution in [0.15, 0.2) is 18.2 Å². The zero-order chi connectivity index (χ0) is 15.4. The van der Waals surface area contributed by atoms with Crippen molar-refractivity contribution < 1.29 is 19.2 Å². The lowest BCUT2D eigenvalue weighted by molar-refractivity contribution is -0.384. The van der Waals surface area contributed by atoms with E-state index in [0.717, 1.165) is 0 Å². The molecule has 8 heteroatoms. The molecular formula is C13H17N3O5. The maximum atomic E-state index is 12.1. The Hall–Kier alpha value is -2.19. The normalized spacial score (nSPS) is 21.0. The number of ether oxygens (including phenoxy) is 2. The number of anilines is 1. The number of nitrogens with two attached hydrogens (primary N) is 1. The number of nitro groups is 1. The highest BCUT2D eigenvalue weighted by Gasteiger charge is 2.32. The van der Waals surface area contributed by atoms with E-state index < -0.39 is 16.9 Å². The van der Waals surface area contributed by atoms with Gasteiger partial charge in [0.15, 0.2) is 0 Å².